The monoisotopic (exact) mass is 280 g/mol. The van der Waals surface area contributed by atoms with Crippen molar-refractivity contribution in [3.05, 3.63) is 0 Å². The van der Waals surface area contributed by atoms with Crippen LogP contribution in [0.15, 0.2) is 0 Å². The zero-order valence-electron chi connectivity index (χ0n) is 12.5. The van der Waals surface area contributed by atoms with Crippen molar-refractivity contribution in [3.8, 4) is 0 Å². The lowest BCUT2D eigenvalue weighted by Crippen LogP contribution is -2.57. The van der Waals surface area contributed by atoms with Crippen LogP contribution in [0.3, 0.4) is 0 Å². The average molecular weight is 280 g/mol. The van der Waals surface area contributed by atoms with Gasteiger partial charge in [0.25, 0.3) is 0 Å². The van der Waals surface area contributed by atoms with Crippen LogP contribution in [0.1, 0.15) is 44.9 Å². The number of carbonyl (C=O) groups is 1. The molecule has 1 N–H and O–H groups in total. The molecule has 2 saturated heterocycles. The van der Waals surface area contributed by atoms with Gasteiger partial charge in [0.15, 0.2) is 0 Å². The van der Waals surface area contributed by atoms with Gasteiger partial charge >= 0.3 is 0 Å². The summed E-state index contributed by atoms with van der Waals surface area (Å²) in [5.74, 6) is 1.03. The minimum atomic E-state index is 0.237. The lowest BCUT2D eigenvalue weighted by Gasteiger charge is -2.45. The number of likely N-dealkylation sites (tertiary alicyclic amines) is 1. The maximum Gasteiger partial charge on any atom is 0.225 e. The summed E-state index contributed by atoms with van der Waals surface area (Å²) in [4.78, 5) is 14.6. The molecule has 3 fully saturated rings. The fourth-order valence-corrected chi connectivity index (χ4v) is 3.78. The number of nitrogens with one attached hydrogen (secondary N) is 1. The Kier molecular flexibility index (Phi) is 4.94. The number of ether oxygens (including phenoxy) is 1. The van der Waals surface area contributed by atoms with Crippen molar-refractivity contribution in [1.82, 2.24) is 10.2 Å². The van der Waals surface area contributed by atoms with Crippen LogP contribution in [-0.2, 0) is 9.53 Å². The minimum Gasteiger partial charge on any atom is -0.381 e. The molecule has 4 nitrogen and oxygen atoms in total. The lowest BCUT2D eigenvalue weighted by atomic mass is 9.88. The van der Waals surface area contributed by atoms with E-state index >= 15 is 0 Å². The van der Waals surface area contributed by atoms with E-state index in [-0.39, 0.29) is 11.8 Å². The Labute approximate surface area is 122 Å². The van der Waals surface area contributed by atoms with E-state index < -0.39 is 0 Å². The molecule has 1 unspecified atom stereocenters. The molecule has 0 radical (unpaired) electrons. The summed E-state index contributed by atoms with van der Waals surface area (Å²) in [7, 11) is 0. The van der Waals surface area contributed by atoms with Gasteiger partial charge in [0.1, 0.15) is 0 Å². The Morgan fingerprint density at radius 1 is 1.10 bits per heavy atom. The van der Waals surface area contributed by atoms with Crippen LogP contribution < -0.4 is 5.32 Å². The summed E-state index contributed by atoms with van der Waals surface area (Å²) < 4.78 is 5.45. The summed E-state index contributed by atoms with van der Waals surface area (Å²) in [6.07, 6.45) is 9.16. The highest BCUT2D eigenvalue weighted by molar-refractivity contribution is 5.80. The highest BCUT2D eigenvalue weighted by Crippen LogP contribution is 2.28. The summed E-state index contributed by atoms with van der Waals surface area (Å²) in [5.41, 5.74) is 0. The van der Waals surface area contributed by atoms with E-state index in [4.69, 9.17) is 4.74 Å². The predicted molar refractivity (Wildman–Crippen MR) is 78.5 cm³/mol. The first-order valence-corrected chi connectivity index (χ1v) is 8.42. The molecule has 114 valence electrons. The minimum absolute atomic E-state index is 0.237. The summed E-state index contributed by atoms with van der Waals surface area (Å²) in [5, 5.41) is 3.13. The summed E-state index contributed by atoms with van der Waals surface area (Å²) >= 11 is 0. The van der Waals surface area contributed by atoms with Crippen molar-refractivity contribution < 1.29 is 9.53 Å². The highest BCUT2D eigenvalue weighted by Gasteiger charge is 2.36. The quantitative estimate of drug-likeness (QED) is 0.853. The van der Waals surface area contributed by atoms with Crippen LogP contribution in [-0.4, -0.2) is 49.7 Å². The Morgan fingerprint density at radius 3 is 2.60 bits per heavy atom. The third-order valence-electron chi connectivity index (χ3n) is 5.19. The van der Waals surface area contributed by atoms with E-state index in [0.29, 0.717) is 5.92 Å². The average Bonchev–Trinajstić information content (AvgIpc) is 2.46. The lowest BCUT2D eigenvalue weighted by molar-refractivity contribution is -0.132. The first-order valence-electron chi connectivity index (χ1n) is 8.42. The van der Waals surface area contributed by atoms with Gasteiger partial charge in [-0.1, -0.05) is 19.3 Å². The van der Waals surface area contributed by atoms with E-state index in [0.717, 1.165) is 45.3 Å². The van der Waals surface area contributed by atoms with Crippen molar-refractivity contribution in [2.45, 2.75) is 51.0 Å². The van der Waals surface area contributed by atoms with Gasteiger partial charge in [0.05, 0.1) is 12.5 Å². The van der Waals surface area contributed by atoms with Gasteiger partial charge in [-0.15, -0.1) is 0 Å². The Balaban J connectivity index is 1.33. The summed E-state index contributed by atoms with van der Waals surface area (Å²) in [6, 6.07) is 0.763. The normalized spacial score (nSPS) is 29.9. The molecule has 1 amide bonds. The maximum absolute atomic E-state index is 12.1. The van der Waals surface area contributed by atoms with Gasteiger partial charge in [-0.3, -0.25) is 9.69 Å². The van der Waals surface area contributed by atoms with Crippen molar-refractivity contribution in [2.24, 2.45) is 11.8 Å². The zero-order chi connectivity index (χ0) is 13.8. The first kappa shape index (κ1) is 14.3. The molecule has 0 aromatic heterocycles. The molecule has 0 aromatic rings. The molecule has 0 spiro atoms. The van der Waals surface area contributed by atoms with Crippen LogP contribution >= 0.6 is 0 Å². The fourth-order valence-electron chi connectivity index (χ4n) is 3.78. The topological polar surface area (TPSA) is 41.6 Å². The first-order chi connectivity index (χ1) is 9.83. The third-order valence-corrected chi connectivity index (χ3v) is 5.19. The van der Waals surface area contributed by atoms with Crippen molar-refractivity contribution >= 4 is 5.91 Å². The van der Waals surface area contributed by atoms with Crippen molar-refractivity contribution in [2.75, 3.05) is 32.8 Å². The Hall–Kier alpha value is -0.610. The second-order valence-corrected chi connectivity index (χ2v) is 6.77. The molecule has 3 aliphatic rings. The number of carbonyl (C=O) groups excluding carboxylic acids is 1. The molecular formula is C16H28N2O2. The van der Waals surface area contributed by atoms with Crippen molar-refractivity contribution in [1.29, 1.82) is 0 Å². The number of nitrogens with zero attached hydrogens (tertiary/aromatic N) is 1. The molecule has 4 heteroatoms. The van der Waals surface area contributed by atoms with E-state index in [1.807, 2.05) is 0 Å². The summed E-state index contributed by atoms with van der Waals surface area (Å²) in [6.45, 7) is 4.48. The van der Waals surface area contributed by atoms with E-state index in [1.54, 1.807) is 0 Å². The van der Waals surface area contributed by atoms with Gasteiger partial charge in [0.2, 0.25) is 5.91 Å². The van der Waals surface area contributed by atoms with Gasteiger partial charge in [-0.25, -0.2) is 0 Å². The number of hydrogen-bond acceptors (Lipinski definition) is 3. The van der Waals surface area contributed by atoms with Gasteiger partial charge in [-0.2, -0.15) is 0 Å². The molecule has 2 aliphatic heterocycles. The highest BCUT2D eigenvalue weighted by atomic mass is 16.5. The molecular weight excluding hydrogens is 252 g/mol. The van der Waals surface area contributed by atoms with Crippen LogP contribution in [0.2, 0.25) is 0 Å². The maximum atomic E-state index is 12.1. The molecule has 0 aromatic carbocycles. The third kappa shape index (κ3) is 3.53. The number of amides is 1. The fraction of sp³-hybridized carbons (Fsp3) is 0.938. The molecule has 3 rings (SSSR count). The second-order valence-electron chi connectivity index (χ2n) is 6.77. The van der Waals surface area contributed by atoms with Gasteiger partial charge < -0.3 is 10.1 Å². The van der Waals surface area contributed by atoms with E-state index in [9.17, 15) is 4.79 Å². The molecule has 2 heterocycles. The zero-order valence-corrected chi connectivity index (χ0v) is 12.5. The van der Waals surface area contributed by atoms with Crippen LogP contribution in [0.5, 0.6) is 0 Å². The Bertz CT molecular complexity index is 316. The molecule has 20 heavy (non-hydrogen) atoms. The molecule has 0 bridgehead atoms. The smallest absolute Gasteiger partial charge is 0.225 e. The second kappa shape index (κ2) is 6.90. The van der Waals surface area contributed by atoms with Crippen LogP contribution in [0.4, 0.5) is 0 Å². The van der Waals surface area contributed by atoms with E-state index in [2.05, 4.69) is 10.2 Å². The van der Waals surface area contributed by atoms with Crippen LogP contribution in [0.25, 0.3) is 0 Å². The van der Waals surface area contributed by atoms with Gasteiger partial charge in [-0.05, 0) is 31.6 Å². The SMILES string of the molecule is O=C(NCC1CCCOC1)C1CN(C2CCCCC2)C1. The number of hydrogen-bond donors (Lipinski definition) is 1. The Morgan fingerprint density at radius 2 is 1.90 bits per heavy atom. The van der Waals surface area contributed by atoms with Crippen molar-refractivity contribution in [3.63, 3.8) is 0 Å². The largest absolute Gasteiger partial charge is 0.381 e. The van der Waals surface area contributed by atoms with Gasteiger partial charge in [0, 0.05) is 32.3 Å². The molecule has 1 atom stereocenters. The predicted octanol–water partition coefficient (Wildman–Crippen LogP) is 1.79. The standard InChI is InChI=1S/C16H28N2O2/c19-16(17-9-13-5-4-8-20-12-13)14-10-18(11-14)15-6-2-1-3-7-15/h13-15H,1-12H2,(H,17,19). The van der Waals surface area contributed by atoms with E-state index in [1.165, 1.54) is 38.5 Å². The molecule has 1 aliphatic carbocycles. The molecule has 1 saturated carbocycles. The number of rotatable bonds is 4. The van der Waals surface area contributed by atoms with Crippen LogP contribution in [0, 0.1) is 11.8 Å².